The van der Waals surface area contributed by atoms with Crippen molar-refractivity contribution in [1.82, 2.24) is 0 Å². The highest BCUT2D eigenvalue weighted by Gasteiger charge is 2.13. The summed E-state index contributed by atoms with van der Waals surface area (Å²) in [6, 6.07) is 52.3. The zero-order chi connectivity index (χ0) is 27.8. The van der Waals surface area contributed by atoms with Crippen LogP contribution in [0.15, 0.2) is 152 Å². The van der Waals surface area contributed by atoms with E-state index in [1.165, 1.54) is 0 Å². The van der Waals surface area contributed by atoms with Crippen LogP contribution in [0.3, 0.4) is 0 Å². The van der Waals surface area contributed by atoms with E-state index in [4.69, 9.17) is 2.74 Å². The number of hydrogen-bond acceptors (Lipinski definition) is 1. The lowest BCUT2D eigenvalue weighted by Crippen LogP contribution is -2.09. The van der Waals surface area contributed by atoms with Gasteiger partial charge in [0.25, 0.3) is 0 Å². The molecule has 7 aromatic rings. The summed E-state index contributed by atoms with van der Waals surface area (Å²) in [6.07, 6.45) is 0. The van der Waals surface area contributed by atoms with E-state index in [-0.39, 0.29) is 12.1 Å². The number of benzene rings is 7. The zero-order valence-electron chi connectivity index (χ0n) is 23.4. The van der Waals surface area contributed by atoms with E-state index >= 15 is 0 Å². The molecule has 0 atom stereocenters. The molecule has 0 N–H and O–H groups in total. The van der Waals surface area contributed by atoms with Crippen molar-refractivity contribution in [1.29, 1.82) is 0 Å². The van der Waals surface area contributed by atoms with Crippen molar-refractivity contribution in [2.75, 3.05) is 4.90 Å². The molecular formula is C38H27N. The summed E-state index contributed by atoms with van der Waals surface area (Å²) in [5, 5.41) is 6.71. The van der Waals surface area contributed by atoms with E-state index < -0.39 is 0 Å². The topological polar surface area (TPSA) is 3.24 Å². The highest BCUT2D eigenvalue weighted by molar-refractivity contribution is 6.09. The maximum Gasteiger partial charge on any atom is 0.0629 e. The van der Waals surface area contributed by atoms with Crippen molar-refractivity contribution in [3.63, 3.8) is 0 Å². The van der Waals surface area contributed by atoms with E-state index in [9.17, 15) is 0 Å². The predicted molar refractivity (Wildman–Crippen MR) is 169 cm³/mol. The minimum absolute atomic E-state index is 0.221. The van der Waals surface area contributed by atoms with E-state index in [2.05, 4.69) is 95.9 Å². The minimum Gasteiger partial charge on any atom is -0.310 e. The van der Waals surface area contributed by atoms with Gasteiger partial charge in [-0.05, 0) is 92.0 Å². The fraction of sp³-hybridized carbons (Fsp3) is 0. The van der Waals surface area contributed by atoms with Crippen LogP contribution in [0.2, 0.25) is 0 Å². The molecule has 0 amide bonds. The second-order valence-electron chi connectivity index (χ2n) is 9.73. The molecule has 0 saturated carbocycles. The summed E-state index contributed by atoms with van der Waals surface area (Å²) < 4.78 is 17.6. The number of nitrogens with zero attached hydrogens (tertiary/aromatic N) is 1. The zero-order valence-corrected chi connectivity index (χ0v) is 21.4. The Morgan fingerprint density at radius 3 is 1.54 bits per heavy atom. The Kier molecular flexibility index (Phi) is 5.33. The lowest BCUT2D eigenvalue weighted by Gasteiger charge is -2.25. The highest BCUT2D eigenvalue weighted by atomic mass is 15.1. The molecule has 1 nitrogen and oxygen atoms in total. The first-order valence-electron chi connectivity index (χ1n) is 14.2. The van der Waals surface area contributed by atoms with Crippen LogP contribution in [0, 0.1) is 0 Å². The Labute approximate surface area is 231 Å². The van der Waals surface area contributed by atoms with Crippen molar-refractivity contribution in [2.45, 2.75) is 0 Å². The Morgan fingerprint density at radius 1 is 0.385 bits per heavy atom. The van der Waals surface area contributed by atoms with Crippen LogP contribution in [-0.4, -0.2) is 0 Å². The summed E-state index contributed by atoms with van der Waals surface area (Å²) >= 11 is 0. The fourth-order valence-corrected chi connectivity index (χ4v) is 5.29. The quantitative estimate of drug-likeness (QED) is 0.168. The third kappa shape index (κ3) is 4.56. The van der Waals surface area contributed by atoms with E-state index in [1.54, 1.807) is 0 Å². The van der Waals surface area contributed by atoms with Crippen molar-refractivity contribution < 1.29 is 2.74 Å². The summed E-state index contributed by atoms with van der Waals surface area (Å²) in [6.45, 7) is 0. The maximum absolute atomic E-state index is 8.83. The van der Waals surface area contributed by atoms with Gasteiger partial charge in [-0.25, -0.2) is 0 Å². The van der Waals surface area contributed by atoms with Gasteiger partial charge in [0.05, 0.1) is 2.74 Å². The van der Waals surface area contributed by atoms with Crippen LogP contribution >= 0.6 is 0 Å². The molecule has 1 heteroatoms. The minimum atomic E-state index is 0.221. The van der Waals surface area contributed by atoms with Gasteiger partial charge in [-0.2, -0.15) is 0 Å². The number of hydrogen-bond donors (Lipinski definition) is 0. The fourth-order valence-electron chi connectivity index (χ4n) is 5.29. The lowest BCUT2D eigenvalue weighted by atomic mass is 9.99. The largest absolute Gasteiger partial charge is 0.310 e. The molecular weight excluding hydrogens is 470 g/mol. The molecule has 39 heavy (non-hydrogen) atoms. The SMILES string of the molecule is [2H]/C(=C(/[2H])c1ccc2c(ccc3cc(N(c4ccccc4)c4ccccc4)ccc32)c1)c1ccc2ccccc2c1. The van der Waals surface area contributed by atoms with E-state index in [0.717, 1.165) is 60.5 Å². The van der Waals surface area contributed by atoms with Crippen LogP contribution in [0.25, 0.3) is 44.4 Å². The third-order valence-electron chi connectivity index (χ3n) is 7.21. The first kappa shape index (κ1) is 20.9. The number of para-hydroxylation sites is 2. The number of rotatable bonds is 5. The third-order valence-corrected chi connectivity index (χ3v) is 7.21. The molecule has 0 aromatic heterocycles. The van der Waals surface area contributed by atoms with Crippen molar-refractivity contribution >= 4 is 61.5 Å². The van der Waals surface area contributed by atoms with Gasteiger partial charge in [-0.1, -0.05) is 115 Å². The lowest BCUT2D eigenvalue weighted by molar-refractivity contribution is 1.29. The molecule has 0 aliphatic carbocycles. The normalized spacial score (nSPS) is 12.7. The van der Waals surface area contributed by atoms with Crippen molar-refractivity contribution in [3.8, 4) is 0 Å². The van der Waals surface area contributed by atoms with E-state index in [1.807, 2.05) is 60.7 Å². The molecule has 0 unspecified atom stereocenters. The standard InChI is InChI=1S/C38H27N/c1-3-11-34(12-4-1)39(35-13-5-2-6-14-35)36-22-24-38-33(27-36)21-20-32-26-29(18-23-37(32)38)16-15-28-17-19-30-9-7-8-10-31(30)25-28/h1-27H/b16-15+/i15D,16D. The van der Waals surface area contributed by atoms with Crippen LogP contribution in [0.4, 0.5) is 17.1 Å². The van der Waals surface area contributed by atoms with Crippen LogP contribution in [-0.2, 0) is 0 Å². The van der Waals surface area contributed by atoms with Crippen molar-refractivity contribution in [3.05, 3.63) is 163 Å². The van der Waals surface area contributed by atoms with Crippen LogP contribution in [0.5, 0.6) is 0 Å². The second kappa shape index (κ2) is 9.96. The number of anilines is 3. The Morgan fingerprint density at radius 2 is 0.872 bits per heavy atom. The molecule has 0 aliphatic heterocycles. The van der Waals surface area contributed by atoms with Gasteiger partial charge >= 0.3 is 0 Å². The summed E-state index contributed by atoms with van der Waals surface area (Å²) in [4.78, 5) is 2.27. The smallest absolute Gasteiger partial charge is 0.0629 e. The Balaban J connectivity index is 1.28. The second-order valence-corrected chi connectivity index (χ2v) is 9.73. The van der Waals surface area contributed by atoms with Gasteiger partial charge in [0, 0.05) is 17.1 Å². The van der Waals surface area contributed by atoms with Gasteiger partial charge in [-0.15, -0.1) is 0 Å². The highest BCUT2D eigenvalue weighted by Crippen LogP contribution is 2.37. The summed E-state index contributed by atoms with van der Waals surface area (Å²) in [7, 11) is 0. The molecule has 0 saturated heterocycles. The molecule has 0 heterocycles. The monoisotopic (exact) mass is 499 g/mol. The average Bonchev–Trinajstić information content (AvgIpc) is 3.04. The maximum atomic E-state index is 8.83. The van der Waals surface area contributed by atoms with E-state index in [0.29, 0.717) is 0 Å². The molecule has 7 rings (SSSR count). The molecule has 0 bridgehead atoms. The van der Waals surface area contributed by atoms with Gasteiger partial charge in [-0.3, -0.25) is 0 Å². The van der Waals surface area contributed by atoms with Gasteiger partial charge in [0.15, 0.2) is 0 Å². The van der Waals surface area contributed by atoms with Gasteiger partial charge in [0.2, 0.25) is 0 Å². The Hall–Kier alpha value is -5.14. The molecule has 0 spiro atoms. The predicted octanol–water partition coefficient (Wildman–Crippen LogP) is 10.8. The van der Waals surface area contributed by atoms with Gasteiger partial charge < -0.3 is 4.90 Å². The van der Waals surface area contributed by atoms with Crippen LogP contribution < -0.4 is 4.90 Å². The molecule has 0 fully saturated rings. The Bertz CT molecular complexity index is 2020. The average molecular weight is 500 g/mol. The first-order chi connectivity index (χ1) is 20.2. The van der Waals surface area contributed by atoms with Crippen LogP contribution in [0.1, 0.15) is 13.9 Å². The first-order valence-corrected chi connectivity index (χ1v) is 13.2. The summed E-state index contributed by atoms with van der Waals surface area (Å²) in [5.74, 6) is 0. The molecule has 7 aromatic carbocycles. The molecule has 0 aliphatic rings. The summed E-state index contributed by atoms with van der Waals surface area (Å²) in [5.41, 5.74) is 4.80. The van der Waals surface area contributed by atoms with Crippen molar-refractivity contribution in [2.24, 2.45) is 0 Å². The molecule has 0 radical (unpaired) electrons. The molecule has 184 valence electrons. The van der Waals surface area contributed by atoms with Gasteiger partial charge in [0.1, 0.15) is 0 Å². The number of fused-ring (bicyclic) bond motifs is 4.